The van der Waals surface area contributed by atoms with Crippen molar-refractivity contribution < 1.29 is 9.84 Å². The van der Waals surface area contributed by atoms with E-state index in [-0.39, 0.29) is 12.5 Å². The first-order valence-electron chi connectivity index (χ1n) is 6.64. The molecule has 0 bridgehead atoms. The Hall–Kier alpha value is -1.32. The van der Waals surface area contributed by atoms with Crippen molar-refractivity contribution in [2.24, 2.45) is 0 Å². The van der Waals surface area contributed by atoms with Crippen molar-refractivity contribution in [1.29, 1.82) is 0 Å². The lowest BCUT2D eigenvalue weighted by Gasteiger charge is -2.16. The third-order valence-corrected chi connectivity index (χ3v) is 4.05. The molecule has 0 amide bonds. The van der Waals surface area contributed by atoms with Gasteiger partial charge in [0.1, 0.15) is 5.75 Å². The van der Waals surface area contributed by atoms with Crippen LogP contribution < -0.4 is 4.74 Å². The Bertz CT molecular complexity index is 581. The fourth-order valence-electron chi connectivity index (χ4n) is 2.33. The van der Waals surface area contributed by atoms with E-state index in [0.717, 1.165) is 16.6 Å². The Labute approximate surface area is 128 Å². The molecule has 0 aliphatic heterocycles. The molecular formula is C17H19BrO2. The van der Waals surface area contributed by atoms with Gasteiger partial charge in [-0.05, 0) is 52.5 Å². The largest absolute Gasteiger partial charge is 0.496 e. The van der Waals surface area contributed by atoms with Crippen LogP contribution in [0.15, 0.2) is 46.9 Å². The van der Waals surface area contributed by atoms with Crippen LogP contribution in [0.1, 0.15) is 22.6 Å². The van der Waals surface area contributed by atoms with Gasteiger partial charge in [-0.2, -0.15) is 0 Å². The van der Waals surface area contributed by atoms with E-state index in [0.29, 0.717) is 0 Å². The lowest BCUT2D eigenvalue weighted by molar-refractivity contribution is 0.264. The predicted octanol–water partition coefficient (Wildman–Crippen LogP) is 4.08. The second kappa shape index (κ2) is 6.91. The average Bonchev–Trinajstić information content (AvgIpc) is 2.45. The van der Waals surface area contributed by atoms with Crippen LogP contribution in [0.3, 0.4) is 0 Å². The minimum Gasteiger partial charge on any atom is -0.496 e. The van der Waals surface area contributed by atoms with Gasteiger partial charge < -0.3 is 9.84 Å². The molecule has 0 heterocycles. The van der Waals surface area contributed by atoms with Crippen molar-refractivity contribution in [1.82, 2.24) is 0 Å². The number of aryl methyl sites for hydroxylation is 1. The van der Waals surface area contributed by atoms with E-state index in [9.17, 15) is 5.11 Å². The van der Waals surface area contributed by atoms with E-state index in [4.69, 9.17) is 4.74 Å². The standard InChI is InChI=1S/C17H19BrO2/c1-12-4-3-5-14(8-12)15(11-19)9-13-6-7-17(20-2)16(18)10-13/h3-8,10,15,19H,9,11H2,1-2H3. The van der Waals surface area contributed by atoms with E-state index in [1.807, 2.05) is 18.2 Å². The van der Waals surface area contributed by atoms with Crippen molar-refractivity contribution in [3.63, 3.8) is 0 Å². The van der Waals surface area contributed by atoms with Crippen LogP contribution in [0.25, 0.3) is 0 Å². The minimum atomic E-state index is 0.121. The zero-order valence-electron chi connectivity index (χ0n) is 11.8. The fourth-order valence-corrected chi connectivity index (χ4v) is 2.92. The summed E-state index contributed by atoms with van der Waals surface area (Å²) in [4.78, 5) is 0. The van der Waals surface area contributed by atoms with Crippen molar-refractivity contribution in [2.75, 3.05) is 13.7 Å². The number of ether oxygens (including phenoxy) is 1. The second-order valence-electron chi connectivity index (χ2n) is 4.97. The van der Waals surface area contributed by atoms with E-state index < -0.39 is 0 Å². The number of halogens is 1. The molecule has 20 heavy (non-hydrogen) atoms. The average molecular weight is 335 g/mol. The van der Waals surface area contributed by atoms with Gasteiger partial charge in [-0.25, -0.2) is 0 Å². The molecule has 0 radical (unpaired) electrons. The van der Waals surface area contributed by atoms with Crippen LogP contribution in [-0.4, -0.2) is 18.8 Å². The predicted molar refractivity (Wildman–Crippen MR) is 85.4 cm³/mol. The van der Waals surface area contributed by atoms with Crippen LogP contribution in [0.4, 0.5) is 0 Å². The number of hydrogen-bond acceptors (Lipinski definition) is 2. The maximum atomic E-state index is 9.67. The third kappa shape index (κ3) is 3.62. The number of aliphatic hydroxyl groups is 1. The molecule has 0 spiro atoms. The number of rotatable bonds is 5. The Morgan fingerprint density at radius 1 is 1.20 bits per heavy atom. The highest BCUT2D eigenvalue weighted by atomic mass is 79.9. The first kappa shape index (κ1) is 15.1. The molecule has 1 atom stereocenters. The van der Waals surface area contributed by atoms with E-state index in [2.05, 4.69) is 47.1 Å². The molecule has 3 heteroatoms. The molecule has 2 nitrogen and oxygen atoms in total. The zero-order valence-corrected chi connectivity index (χ0v) is 13.4. The fraction of sp³-hybridized carbons (Fsp3) is 0.294. The summed E-state index contributed by atoms with van der Waals surface area (Å²) in [6.45, 7) is 2.22. The molecule has 2 aromatic carbocycles. The lowest BCUT2D eigenvalue weighted by Crippen LogP contribution is -2.08. The summed E-state index contributed by atoms with van der Waals surface area (Å²) < 4.78 is 6.18. The quantitative estimate of drug-likeness (QED) is 0.892. The minimum absolute atomic E-state index is 0.121. The van der Waals surface area contributed by atoms with Crippen LogP contribution in [0.5, 0.6) is 5.75 Å². The first-order valence-corrected chi connectivity index (χ1v) is 7.43. The van der Waals surface area contributed by atoms with E-state index in [1.54, 1.807) is 7.11 Å². The van der Waals surface area contributed by atoms with Crippen molar-refractivity contribution in [3.8, 4) is 5.75 Å². The van der Waals surface area contributed by atoms with Crippen LogP contribution >= 0.6 is 15.9 Å². The van der Waals surface area contributed by atoms with Crippen molar-refractivity contribution in [3.05, 3.63) is 63.6 Å². The number of hydrogen-bond donors (Lipinski definition) is 1. The molecule has 0 fully saturated rings. The first-order chi connectivity index (χ1) is 9.63. The summed E-state index contributed by atoms with van der Waals surface area (Å²) in [6, 6.07) is 14.4. The van der Waals surface area contributed by atoms with Gasteiger partial charge in [-0.1, -0.05) is 35.9 Å². The van der Waals surface area contributed by atoms with Gasteiger partial charge in [0.25, 0.3) is 0 Å². The molecule has 0 aromatic heterocycles. The molecule has 1 unspecified atom stereocenters. The number of benzene rings is 2. The van der Waals surface area contributed by atoms with Crippen LogP contribution in [-0.2, 0) is 6.42 Å². The molecule has 0 aliphatic rings. The topological polar surface area (TPSA) is 29.5 Å². The summed E-state index contributed by atoms with van der Waals surface area (Å²) >= 11 is 3.50. The van der Waals surface area contributed by atoms with Crippen LogP contribution in [0, 0.1) is 6.92 Å². The van der Waals surface area contributed by atoms with Gasteiger partial charge in [0.05, 0.1) is 18.2 Å². The molecule has 0 saturated heterocycles. The van der Waals surface area contributed by atoms with Crippen molar-refractivity contribution >= 4 is 15.9 Å². The van der Waals surface area contributed by atoms with Crippen molar-refractivity contribution in [2.45, 2.75) is 19.3 Å². The summed E-state index contributed by atoms with van der Waals surface area (Å²) in [7, 11) is 1.66. The highest BCUT2D eigenvalue weighted by Gasteiger charge is 2.12. The smallest absolute Gasteiger partial charge is 0.133 e. The number of aliphatic hydroxyl groups excluding tert-OH is 1. The molecule has 1 N–H and O–H groups in total. The molecule has 2 aromatic rings. The van der Waals surface area contributed by atoms with Gasteiger partial charge in [-0.3, -0.25) is 0 Å². The summed E-state index contributed by atoms with van der Waals surface area (Å²) in [5.74, 6) is 0.944. The van der Waals surface area contributed by atoms with Gasteiger partial charge in [0, 0.05) is 5.92 Å². The molecular weight excluding hydrogens is 316 g/mol. The maximum absolute atomic E-state index is 9.67. The highest BCUT2D eigenvalue weighted by molar-refractivity contribution is 9.10. The SMILES string of the molecule is COc1ccc(CC(CO)c2cccc(C)c2)cc1Br. The summed E-state index contributed by atoms with van der Waals surface area (Å²) in [5.41, 5.74) is 3.58. The van der Waals surface area contributed by atoms with Gasteiger partial charge in [0.2, 0.25) is 0 Å². The Kier molecular flexibility index (Phi) is 5.21. The highest BCUT2D eigenvalue weighted by Crippen LogP contribution is 2.28. The van der Waals surface area contributed by atoms with Gasteiger partial charge in [0.15, 0.2) is 0 Å². The Morgan fingerprint density at radius 2 is 2.00 bits per heavy atom. The molecule has 106 valence electrons. The van der Waals surface area contributed by atoms with E-state index in [1.165, 1.54) is 16.7 Å². The Balaban J connectivity index is 2.20. The monoisotopic (exact) mass is 334 g/mol. The van der Waals surface area contributed by atoms with Crippen LogP contribution in [0.2, 0.25) is 0 Å². The molecule has 2 rings (SSSR count). The van der Waals surface area contributed by atoms with E-state index >= 15 is 0 Å². The Morgan fingerprint density at radius 3 is 2.60 bits per heavy atom. The zero-order chi connectivity index (χ0) is 14.5. The summed E-state index contributed by atoms with van der Waals surface area (Å²) in [5, 5.41) is 9.67. The summed E-state index contributed by atoms with van der Waals surface area (Å²) in [6.07, 6.45) is 0.808. The second-order valence-corrected chi connectivity index (χ2v) is 5.82. The number of methoxy groups -OCH3 is 1. The lowest BCUT2D eigenvalue weighted by atomic mass is 9.92. The third-order valence-electron chi connectivity index (χ3n) is 3.43. The normalized spacial score (nSPS) is 12.2. The van der Waals surface area contributed by atoms with Gasteiger partial charge >= 0.3 is 0 Å². The maximum Gasteiger partial charge on any atom is 0.133 e. The molecule has 0 aliphatic carbocycles. The van der Waals surface area contributed by atoms with Gasteiger partial charge in [-0.15, -0.1) is 0 Å². The molecule has 0 saturated carbocycles.